The summed E-state index contributed by atoms with van der Waals surface area (Å²) in [7, 11) is 1.91. The van der Waals surface area contributed by atoms with Crippen molar-refractivity contribution in [3.63, 3.8) is 0 Å². The van der Waals surface area contributed by atoms with E-state index in [0.717, 1.165) is 35.1 Å². The molecule has 1 aliphatic heterocycles. The van der Waals surface area contributed by atoms with Crippen LogP contribution in [0.4, 0.5) is 0 Å². The highest BCUT2D eigenvalue weighted by atomic mass is 16.6. The highest BCUT2D eigenvalue weighted by molar-refractivity contribution is 5.61. The van der Waals surface area contributed by atoms with Crippen molar-refractivity contribution >= 4 is 0 Å². The Morgan fingerprint density at radius 2 is 2.00 bits per heavy atom. The van der Waals surface area contributed by atoms with Gasteiger partial charge in [0.1, 0.15) is 19.0 Å². The Morgan fingerprint density at radius 1 is 1.22 bits per heavy atom. The largest absolute Gasteiger partial charge is 0.486 e. The van der Waals surface area contributed by atoms with E-state index in [4.69, 9.17) is 9.47 Å². The van der Waals surface area contributed by atoms with Crippen molar-refractivity contribution in [2.45, 2.75) is 13.3 Å². The second-order valence-electron chi connectivity index (χ2n) is 4.19. The number of ether oxygens (including phenoxy) is 2. The van der Waals surface area contributed by atoms with Crippen molar-refractivity contribution in [1.82, 2.24) is 14.8 Å². The number of hydrogen-bond acceptors (Lipinski definition) is 4. The summed E-state index contributed by atoms with van der Waals surface area (Å²) in [5.41, 5.74) is 0.953. The van der Waals surface area contributed by atoms with E-state index >= 15 is 0 Å². The normalized spacial score (nSPS) is 13.7. The first-order valence-electron chi connectivity index (χ1n) is 6.08. The molecular weight excluding hydrogens is 230 g/mol. The zero-order valence-corrected chi connectivity index (χ0v) is 10.5. The molecule has 1 aromatic carbocycles. The van der Waals surface area contributed by atoms with E-state index in [2.05, 4.69) is 17.0 Å². The van der Waals surface area contributed by atoms with Gasteiger partial charge in [-0.3, -0.25) is 4.68 Å². The zero-order chi connectivity index (χ0) is 12.5. The fourth-order valence-electron chi connectivity index (χ4n) is 2.03. The van der Waals surface area contributed by atoms with Crippen LogP contribution in [0.3, 0.4) is 0 Å². The van der Waals surface area contributed by atoms with Gasteiger partial charge in [0.15, 0.2) is 17.3 Å². The number of rotatable bonds is 2. The molecule has 1 aromatic heterocycles. The minimum Gasteiger partial charge on any atom is -0.486 e. The molecule has 2 aromatic rings. The maximum atomic E-state index is 5.56. The van der Waals surface area contributed by atoms with Gasteiger partial charge in [-0.15, -0.1) is 0 Å². The maximum Gasteiger partial charge on any atom is 0.181 e. The van der Waals surface area contributed by atoms with Crippen molar-refractivity contribution in [3.05, 3.63) is 24.0 Å². The molecule has 0 saturated carbocycles. The molecule has 5 nitrogen and oxygen atoms in total. The minimum absolute atomic E-state index is 0.590. The molecule has 2 heterocycles. The lowest BCUT2D eigenvalue weighted by atomic mass is 10.2. The Morgan fingerprint density at radius 3 is 2.72 bits per heavy atom. The molecule has 5 heteroatoms. The molecule has 18 heavy (non-hydrogen) atoms. The highest BCUT2D eigenvalue weighted by Gasteiger charge is 2.14. The summed E-state index contributed by atoms with van der Waals surface area (Å²) in [6.07, 6.45) is 0.869. The van der Waals surface area contributed by atoms with Gasteiger partial charge in [-0.25, -0.2) is 4.98 Å². The van der Waals surface area contributed by atoms with Gasteiger partial charge < -0.3 is 9.47 Å². The fraction of sp³-hybridized carbons (Fsp3) is 0.385. The summed E-state index contributed by atoms with van der Waals surface area (Å²) in [6.45, 7) is 3.26. The van der Waals surface area contributed by atoms with Crippen LogP contribution < -0.4 is 9.47 Å². The van der Waals surface area contributed by atoms with Crippen LogP contribution in [0.15, 0.2) is 18.2 Å². The van der Waals surface area contributed by atoms with Crippen LogP contribution in [0.2, 0.25) is 0 Å². The summed E-state index contributed by atoms with van der Waals surface area (Å²) >= 11 is 0. The average Bonchev–Trinajstić information content (AvgIpc) is 2.79. The summed E-state index contributed by atoms with van der Waals surface area (Å²) < 4.78 is 12.9. The van der Waals surface area contributed by atoms with E-state index in [-0.39, 0.29) is 0 Å². The summed E-state index contributed by atoms with van der Waals surface area (Å²) in [4.78, 5) is 4.50. The molecular formula is C13H15N3O2. The number of fused-ring (bicyclic) bond motifs is 1. The Labute approximate surface area is 105 Å². The molecule has 0 spiro atoms. The van der Waals surface area contributed by atoms with Gasteiger partial charge in [0, 0.05) is 19.0 Å². The van der Waals surface area contributed by atoms with E-state index in [1.165, 1.54) is 0 Å². The predicted molar refractivity (Wildman–Crippen MR) is 66.8 cm³/mol. The number of nitrogens with zero attached hydrogens (tertiary/aromatic N) is 3. The monoisotopic (exact) mass is 245 g/mol. The van der Waals surface area contributed by atoms with E-state index in [0.29, 0.717) is 13.2 Å². The molecule has 3 rings (SSSR count). The highest BCUT2D eigenvalue weighted by Crippen LogP contribution is 2.33. The fourth-order valence-corrected chi connectivity index (χ4v) is 2.03. The van der Waals surface area contributed by atoms with E-state index in [9.17, 15) is 0 Å². The van der Waals surface area contributed by atoms with Crippen LogP contribution in [-0.4, -0.2) is 28.0 Å². The van der Waals surface area contributed by atoms with Crippen molar-refractivity contribution in [2.24, 2.45) is 7.05 Å². The Balaban J connectivity index is 2.00. The first-order valence-corrected chi connectivity index (χ1v) is 6.08. The molecule has 1 aliphatic rings. The third-order valence-electron chi connectivity index (χ3n) is 2.97. The van der Waals surface area contributed by atoms with Crippen LogP contribution in [-0.2, 0) is 13.5 Å². The molecule has 0 radical (unpaired) electrons. The zero-order valence-electron chi connectivity index (χ0n) is 10.5. The summed E-state index contributed by atoms with van der Waals surface area (Å²) in [5, 5.41) is 4.41. The first kappa shape index (κ1) is 11.1. The first-order chi connectivity index (χ1) is 8.78. The van der Waals surface area contributed by atoms with E-state index in [1.807, 2.05) is 29.9 Å². The quantitative estimate of drug-likeness (QED) is 0.809. The van der Waals surface area contributed by atoms with Crippen molar-refractivity contribution in [2.75, 3.05) is 13.2 Å². The predicted octanol–water partition coefficient (Wildman–Crippen LogP) is 1.82. The standard InChI is InChI=1S/C13H15N3O2/c1-3-12-14-13(15-16(12)2)9-4-5-10-11(8-9)18-7-6-17-10/h4-5,8H,3,6-7H2,1-2H3. The van der Waals surface area contributed by atoms with Crippen molar-refractivity contribution in [3.8, 4) is 22.9 Å². The Kier molecular flexibility index (Phi) is 2.66. The smallest absolute Gasteiger partial charge is 0.181 e. The van der Waals surface area contributed by atoms with Gasteiger partial charge >= 0.3 is 0 Å². The second-order valence-corrected chi connectivity index (χ2v) is 4.19. The summed E-state index contributed by atoms with van der Waals surface area (Å²) in [6, 6.07) is 5.80. The van der Waals surface area contributed by atoms with Crippen LogP contribution in [0.1, 0.15) is 12.7 Å². The summed E-state index contributed by atoms with van der Waals surface area (Å²) in [5.74, 6) is 3.26. The molecule has 0 bridgehead atoms. The lowest BCUT2D eigenvalue weighted by Gasteiger charge is -2.18. The van der Waals surface area contributed by atoms with Gasteiger partial charge in [-0.05, 0) is 18.2 Å². The average molecular weight is 245 g/mol. The Hall–Kier alpha value is -2.04. The topological polar surface area (TPSA) is 49.2 Å². The van der Waals surface area contributed by atoms with Gasteiger partial charge in [-0.1, -0.05) is 6.92 Å². The molecule has 0 atom stereocenters. The number of benzene rings is 1. The lowest BCUT2D eigenvalue weighted by Crippen LogP contribution is -2.15. The number of aromatic nitrogens is 3. The minimum atomic E-state index is 0.590. The van der Waals surface area contributed by atoms with Crippen LogP contribution in [0.25, 0.3) is 11.4 Å². The molecule has 94 valence electrons. The van der Waals surface area contributed by atoms with Gasteiger partial charge in [0.25, 0.3) is 0 Å². The van der Waals surface area contributed by atoms with Crippen LogP contribution in [0.5, 0.6) is 11.5 Å². The second kappa shape index (κ2) is 4.33. The van der Waals surface area contributed by atoms with Gasteiger partial charge in [0.05, 0.1) is 0 Å². The van der Waals surface area contributed by atoms with E-state index in [1.54, 1.807) is 0 Å². The van der Waals surface area contributed by atoms with Crippen LogP contribution in [0, 0.1) is 0 Å². The van der Waals surface area contributed by atoms with Crippen molar-refractivity contribution < 1.29 is 9.47 Å². The third kappa shape index (κ3) is 1.81. The third-order valence-corrected chi connectivity index (χ3v) is 2.97. The van der Waals surface area contributed by atoms with Gasteiger partial charge in [0.2, 0.25) is 0 Å². The number of hydrogen-bond donors (Lipinski definition) is 0. The maximum absolute atomic E-state index is 5.56. The molecule has 0 fully saturated rings. The molecule has 0 unspecified atom stereocenters. The Bertz CT molecular complexity index is 578. The molecule has 0 aliphatic carbocycles. The lowest BCUT2D eigenvalue weighted by molar-refractivity contribution is 0.171. The molecule has 0 N–H and O–H groups in total. The SMILES string of the molecule is CCc1nc(-c2ccc3c(c2)OCCO3)nn1C. The van der Waals surface area contributed by atoms with Gasteiger partial charge in [-0.2, -0.15) is 5.10 Å². The van der Waals surface area contributed by atoms with E-state index < -0.39 is 0 Å². The molecule has 0 amide bonds. The number of aryl methyl sites for hydroxylation is 2. The van der Waals surface area contributed by atoms with Crippen LogP contribution >= 0.6 is 0 Å². The van der Waals surface area contributed by atoms with Crippen molar-refractivity contribution in [1.29, 1.82) is 0 Å². The molecule has 0 saturated heterocycles.